The molecule has 1 aliphatic carbocycles. The fourth-order valence-corrected chi connectivity index (χ4v) is 1.38. The number of benzene rings is 1. The van der Waals surface area contributed by atoms with E-state index >= 15 is 0 Å². The average molecular weight is 177 g/mol. The van der Waals surface area contributed by atoms with Gasteiger partial charge in [0, 0.05) is 5.69 Å². The third-order valence-electron chi connectivity index (χ3n) is 2.39. The molecule has 0 saturated heterocycles. The predicted octanol–water partition coefficient (Wildman–Crippen LogP) is 2.43. The molecule has 70 valence electrons. The van der Waals surface area contributed by atoms with E-state index in [-0.39, 0.29) is 0 Å². The number of rotatable bonds is 2. The monoisotopic (exact) mass is 177 g/mol. The van der Waals surface area contributed by atoms with Gasteiger partial charge in [-0.25, -0.2) is 0 Å². The highest BCUT2D eigenvalue weighted by molar-refractivity contribution is 5.56. The van der Waals surface area contributed by atoms with Gasteiger partial charge in [0.2, 0.25) is 0 Å². The number of nitrogens with two attached hydrogens (primary N) is 1. The molecule has 2 nitrogen and oxygen atoms in total. The minimum atomic E-state index is 0.461. The van der Waals surface area contributed by atoms with Gasteiger partial charge in [-0.1, -0.05) is 0 Å². The van der Waals surface area contributed by atoms with Gasteiger partial charge < -0.3 is 10.5 Å². The molecule has 0 heterocycles. The molecule has 2 heteroatoms. The lowest BCUT2D eigenvalue weighted by Crippen LogP contribution is -1.99. The van der Waals surface area contributed by atoms with E-state index in [9.17, 15) is 0 Å². The van der Waals surface area contributed by atoms with Crippen LogP contribution in [0.25, 0.3) is 0 Å². The second-order valence-corrected chi connectivity index (χ2v) is 3.79. The Labute approximate surface area is 78.7 Å². The second-order valence-electron chi connectivity index (χ2n) is 3.79. The zero-order valence-corrected chi connectivity index (χ0v) is 8.13. The molecule has 13 heavy (non-hydrogen) atoms. The van der Waals surface area contributed by atoms with Gasteiger partial charge in [0.25, 0.3) is 0 Å². The van der Waals surface area contributed by atoms with Crippen molar-refractivity contribution in [2.24, 2.45) is 0 Å². The summed E-state index contributed by atoms with van der Waals surface area (Å²) in [6.45, 7) is 4.03. The summed E-state index contributed by atoms with van der Waals surface area (Å²) in [4.78, 5) is 0. The van der Waals surface area contributed by atoms with Gasteiger partial charge >= 0.3 is 0 Å². The van der Waals surface area contributed by atoms with Gasteiger partial charge in [-0.05, 0) is 49.9 Å². The summed E-state index contributed by atoms with van der Waals surface area (Å²) in [6.07, 6.45) is 2.85. The predicted molar refractivity (Wildman–Crippen MR) is 54.0 cm³/mol. The van der Waals surface area contributed by atoms with Crippen molar-refractivity contribution in [2.75, 3.05) is 5.73 Å². The van der Waals surface area contributed by atoms with Crippen molar-refractivity contribution < 1.29 is 4.74 Å². The first kappa shape index (κ1) is 8.42. The number of nitrogen functional groups attached to an aromatic ring is 1. The van der Waals surface area contributed by atoms with Gasteiger partial charge in [-0.15, -0.1) is 0 Å². The van der Waals surface area contributed by atoms with Crippen molar-refractivity contribution in [1.29, 1.82) is 0 Å². The Balaban J connectivity index is 2.25. The number of ether oxygens (including phenoxy) is 1. The number of anilines is 1. The zero-order valence-electron chi connectivity index (χ0n) is 8.13. The molecule has 1 saturated carbocycles. The minimum absolute atomic E-state index is 0.461. The molecule has 0 radical (unpaired) electrons. The molecular formula is C11H15NO. The van der Waals surface area contributed by atoms with Gasteiger partial charge in [0.05, 0.1) is 6.10 Å². The Hall–Kier alpha value is -1.18. The van der Waals surface area contributed by atoms with Crippen molar-refractivity contribution in [3.05, 3.63) is 23.3 Å². The lowest BCUT2D eigenvalue weighted by Gasteiger charge is -2.09. The Morgan fingerprint density at radius 2 is 1.77 bits per heavy atom. The van der Waals surface area contributed by atoms with E-state index < -0.39 is 0 Å². The van der Waals surface area contributed by atoms with E-state index in [0.29, 0.717) is 6.10 Å². The van der Waals surface area contributed by atoms with Crippen LogP contribution in [-0.2, 0) is 0 Å². The summed E-state index contributed by atoms with van der Waals surface area (Å²) in [5, 5.41) is 0. The van der Waals surface area contributed by atoms with Crippen LogP contribution in [0, 0.1) is 13.8 Å². The lowest BCUT2D eigenvalue weighted by molar-refractivity contribution is 0.303. The molecular weight excluding hydrogens is 162 g/mol. The minimum Gasteiger partial charge on any atom is -0.490 e. The Morgan fingerprint density at radius 3 is 2.23 bits per heavy atom. The Kier molecular flexibility index (Phi) is 1.91. The van der Waals surface area contributed by atoms with Crippen LogP contribution >= 0.6 is 0 Å². The van der Waals surface area contributed by atoms with E-state index in [1.165, 1.54) is 12.8 Å². The van der Waals surface area contributed by atoms with Crippen LogP contribution in [0.1, 0.15) is 24.0 Å². The molecule has 1 aromatic carbocycles. The van der Waals surface area contributed by atoms with Gasteiger partial charge in [-0.3, -0.25) is 0 Å². The highest BCUT2D eigenvalue weighted by atomic mass is 16.5. The molecule has 0 spiro atoms. The molecule has 0 aromatic heterocycles. The molecule has 1 aromatic rings. The van der Waals surface area contributed by atoms with Gasteiger partial charge in [0.1, 0.15) is 5.75 Å². The zero-order chi connectivity index (χ0) is 9.42. The first-order valence-corrected chi connectivity index (χ1v) is 4.70. The van der Waals surface area contributed by atoms with E-state index in [4.69, 9.17) is 10.5 Å². The number of hydrogen-bond acceptors (Lipinski definition) is 2. The van der Waals surface area contributed by atoms with Crippen LogP contribution in [0.15, 0.2) is 12.1 Å². The van der Waals surface area contributed by atoms with Crippen LogP contribution < -0.4 is 10.5 Å². The SMILES string of the molecule is Cc1cc(OC2CC2)cc(C)c1N. The van der Waals surface area contributed by atoms with Crippen molar-refractivity contribution in [1.82, 2.24) is 0 Å². The van der Waals surface area contributed by atoms with Crippen molar-refractivity contribution in [3.8, 4) is 5.75 Å². The van der Waals surface area contributed by atoms with Crippen LogP contribution in [0.3, 0.4) is 0 Å². The summed E-state index contributed by atoms with van der Waals surface area (Å²) >= 11 is 0. The molecule has 2 N–H and O–H groups in total. The van der Waals surface area contributed by atoms with Crippen LogP contribution in [0.4, 0.5) is 5.69 Å². The molecule has 0 amide bonds. The molecule has 0 bridgehead atoms. The topological polar surface area (TPSA) is 35.2 Å². The standard InChI is InChI=1S/C11H15NO/c1-7-5-10(13-9-3-4-9)6-8(2)11(7)12/h5-6,9H,3-4,12H2,1-2H3. The summed E-state index contributed by atoms with van der Waals surface area (Å²) in [6, 6.07) is 4.03. The summed E-state index contributed by atoms with van der Waals surface area (Å²) in [5.74, 6) is 0.965. The summed E-state index contributed by atoms with van der Waals surface area (Å²) in [5.41, 5.74) is 8.93. The third-order valence-corrected chi connectivity index (χ3v) is 2.39. The van der Waals surface area contributed by atoms with Crippen molar-refractivity contribution in [2.45, 2.75) is 32.8 Å². The largest absolute Gasteiger partial charge is 0.490 e. The average Bonchev–Trinajstić information content (AvgIpc) is 2.84. The van der Waals surface area contributed by atoms with Crippen molar-refractivity contribution in [3.63, 3.8) is 0 Å². The smallest absolute Gasteiger partial charge is 0.120 e. The summed E-state index contributed by atoms with van der Waals surface area (Å²) in [7, 11) is 0. The van der Waals surface area contributed by atoms with E-state index in [0.717, 1.165) is 22.6 Å². The maximum Gasteiger partial charge on any atom is 0.120 e. The van der Waals surface area contributed by atoms with Crippen LogP contribution in [0.2, 0.25) is 0 Å². The first-order valence-electron chi connectivity index (χ1n) is 4.70. The fraction of sp³-hybridized carbons (Fsp3) is 0.455. The van der Waals surface area contributed by atoms with E-state index in [2.05, 4.69) is 0 Å². The lowest BCUT2D eigenvalue weighted by atomic mass is 10.1. The highest BCUT2D eigenvalue weighted by Crippen LogP contribution is 2.30. The molecule has 2 rings (SSSR count). The fourth-order valence-electron chi connectivity index (χ4n) is 1.38. The highest BCUT2D eigenvalue weighted by Gasteiger charge is 2.23. The summed E-state index contributed by atoms with van der Waals surface area (Å²) < 4.78 is 5.69. The number of aryl methyl sites for hydroxylation is 2. The molecule has 0 aliphatic heterocycles. The normalized spacial score (nSPS) is 15.8. The first-order chi connectivity index (χ1) is 6.16. The number of hydrogen-bond donors (Lipinski definition) is 1. The van der Waals surface area contributed by atoms with Gasteiger partial charge in [0.15, 0.2) is 0 Å². The van der Waals surface area contributed by atoms with Crippen LogP contribution in [-0.4, -0.2) is 6.10 Å². The van der Waals surface area contributed by atoms with E-state index in [1.54, 1.807) is 0 Å². The molecule has 0 atom stereocenters. The molecule has 1 fully saturated rings. The third kappa shape index (κ3) is 1.77. The quantitative estimate of drug-likeness (QED) is 0.704. The molecule has 1 aliphatic rings. The Morgan fingerprint density at radius 1 is 1.23 bits per heavy atom. The van der Waals surface area contributed by atoms with E-state index in [1.807, 2.05) is 26.0 Å². The second kappa shape index (κ2) is 2.95. The Bertz CT molecular complexity index is 306. The maximum absolute atomic E-state index is 5.84. The van der Waals surface area contributed by atoms with Crippen molar-refractivity contribution >= 4 is 5.69 Å². The van der Waals surface area contributed by atoms with Gasteiger partial charge in [-0.2, -0.15) is 0 Å². The van der Waals surface area contributed by atoms with Crippen LogP contribution in [0.5, 0.6) is 5.75 Å². The maximum atomic E-state index is 5.84. The molecule has 0 unspecified atom stereocenters.